The van der Waals surface area contributed by atoms with Gasteiger partial charge in [-0.1, -0.05) is 126 Å². The molecule has 35 heavy (non-hydrogen) atoms. The average molecular weight is 547 g/mol. The third-order valence-corrected chi connectivity index (χ3v) is 8.63. The summed E-state index contributed by atoms with van der Waals surface area (Å²) in [5, 5.41) is -0.856. The van der Waals surface area contributed by atoms with E-state index in [1.165, 1.54) is 23.5 Å². The third-order valence-electron chi connectivity index (χ3n) is 5.52. The number of ketones is 1. The molecule has 1 aliphatic rings. The molecule has 188 valence electrons. The summed E-state index contributed by atoms with van der Waals surface area (Å²) in [6.45, 7) is 13.6. The summed E-state index contributed by atoms with van der Waals surface area (Å²) >= 11 is 13.9. The Kier molecular flexibility index (Phi) is 9.11. The molecular weight excluding hydrogens is 513 g/mol. The molecule has 3 rings (SSSR count). The van der Waals surface area contributed by atoms with Gasteiger partial charge in [-0.25, -0.2) is 0 Å². The quantitative estimate of drug-likeness (QED) is 0.348. The lowest BCUT2D eigenvalue weighted by Gasteiger charge is -2.54. The summed E-state index contributed by atoms with van der Waals surface area (Å²) in [6.07, 6.45) is 0. The minimum Gasteiger partial charge on any atom is -0.478 e. The fourth-order valence-corrected chi connectivity index (χ4v) is 7.14. The zero-order valence-electron chi connectivity index (χ0n) is 21.2. The highest BCUT2D eigenvalue weighted by molar-refractivity contribution is 8.25. The van der Waals surface area contributed by atoms with Gasteiger partial charge in [-0.15, -0.1) is 0 Å². The molecule has 0 amide bonds. The van der Waals surface area contributed by atoms with Crippen LogP contribution in [-0.4, -0.2) is 38.3 Å². The third kappa shape index (κ3) is 6.88. The maximum Gasteiger partial charge on any atom is 0.220 e. The Morgan fingerprint density at radius 3 is 1.40 bits per heavy atom. The maximum atomic E-state index is 13.7. The van der Waals surface area contributed by atoms with Crippen molar-refractivity contribution in [2.75, 3.05) is 13.2 Å². The van der Waals surface area contributed by atoms with Crippen molar-refractivity contribution in [1.29, 1.82) is 0 Å². The SMILES string of the molecule is CC(C)(C)COC(=S)S[C@@H]1C(=O)[C@H](SC(=S)OCC(C)(C)C)C1(c1ccccc1)c1ccccc1. The molecule has 1 aliphatic carbocycles. The van der Waals surface area contributed by atoms with Gasteiger partial charge in [0.1, 0.15) is 0 Å². The van der Waals surface area contributed by atoms with E-state index in [1.807, 2.05) is 36.4 Å². The van der Waals surface area contributed by atoms with E-state index >= 15 is 0 Å². The zero-order valence-corrected chi connectivity index (χ0v) is 24.5. The van der Waals surface area contributed by atoms with E-state index in [2.05, 4.69) is 65.8 Å². The Labute approximate surface area is 229 Å². The van der Waals surface area contributed by atoms with Gasteiger partial charge in [0.25, 0.3) is 0 Å². The minimum absolute atomic E-state index is 0.0286. The minimum atomic E-state index is -0.626. The Morgan fingerprint density at radius 1 is 0.743 bits per heavy atom. The van der Waals surface area contributed by atoms with Crippen molar-refractivity contribution in [3.05, 3.63) is 71.8 Å². The van der Waals surface area contributed by atoms with Gasteiger partial charge in [-0.3, -0.25) is 4.79 Å². The van der Waals surface area contributed by atoms with Crippen LogP contribution in [0.2, 0.25) is 0 Å². The molecule has 0 aliphatic heterocycles. The van der Waals surface area contributed by atoms with Crippen LogP contribution in [0.5, 0.6) is 0 Å². The van der Waals surface area contributed by atoms with Crippen molar-refractivity contribution in [3.8, 4) is 0 Å². The number of thioether (sulfide) groups is 2. The van der Waals surface area contributed by atoms with Crippen molar-refractivity contribution in [3.63, 3.8) is 0 Å². The molecule has 1 fully saturated rings. The summed E-state index contributed by atoms with van der Waals surface area (Å²) in [6, 6.07) is 20.3. The van der Waals surface area contributed by atoms with E-state index in [0.717, 1.165) is 11.1 Å². The van der Waals surface area contributed by atoms with Crippen LogP contribution >= 0.6 is 48.0 Å². The standard InChI is InChI=1S/C28H34O3S4/c1-26(2,3)17-30-24(32)34-22-21(29)23(35-25(33)31-18-27(4,5)6)28(22,19-13-9-7-10-14-19)20-15-11-8-12-16-20/h7-16,22-23H,17-18H2,1-6H3/t22-,23+. The fourth-order valence-electron chi connectivity index (χ4n) is 3.94. The summed E-state index contributed by atoms with van der Waals surface area (Å²) in [5.41, 5.74) is 1.42. The van der Waals surface area contributed by atoms with Gasteiger partial charge in [0, 0.05) is 0 Å². The largest absolute Gasteiger partial charge is 0.478 e. The molecule has 0 aromatic heterocycles. The van der Waals surface area contributed by atoms with Gasteiger partial charge in [0.2, 0.25) is 8.77 Å². The number of ether oxygens (including phenoxy) is 2. The first-order chi connectivity index (χ1) is 16.3. The number of Topliss-reactive ketones (excluding diaryl/α,β-unsaturated/α-hetero) is 1. The van der Waals surface area contributed by atoms with Crippen molar-refractivity contribution < 1.29 is 14.3 Å². The Bertz CT molecular complexity index is 956. The summed E-state index contributed by atoms with van der Waals surface area (Å²) in [7, 11) is 0. The predicted octanol–water partition coefficient (Wildman–Crippen LogP) is 7.45. The van der Waals surface area contributed by atoms with Crippen LogP contribution in [0.1, 0.15) is 52.7 Å². The van der Waals surface area contributed by atoms with E-state index < -0.39 is 15.9 Å². The number of carbonyl (C=O) groups is 1. The molecule has 2 aromatic carbocycles. The van der Waals surface area contributed by atoms with Crippen LogP contribution in [0.15, 0.2) is 60.7 Å². The predicted molar refractivity (Wildman–Crippen MR) is 157 cm³/mol. The smallest absolute Gasteiger partial charge is 0.220 e. The van der Waals surface area contributed by atoms with Crippen LogP contribution in [0.4, 0.5) is 0 Å². The van der Waals surface area contributed by atoms with Gasteiger partial charge in [0.05, 0.1) is 29.1 Å². The van der Waals surface area contributed by atoms with Gasteiger partial charge in [-0.2, -0.15) is 0 Å². The van der Waals surface area contributed by atoms with Crippen molar-refractivity contribution in [2.24, 2.45) is 10.8 Å². The highest BCUT2D eigenvalue weighted by Crippen LogP contribution is 2.57. The molecule has 0 spiro atoms. The van der Waals surface area contributed by atoms with Crippen molar-refractivity contribution in [2.45, 2.75) is 57.5 Å². The highest BCUT2D eigenvalue weighted by atomic mass is 32.2. The first kappa shape index (κ1) is 28.2. The summed E-state index contributed by atoms with van der Waals surface area (Å²) < 4.78 is 12.6. The topological polar surface area (TPSA) is 35.5 Å². The van der Waals surface area contributed by atoms with Crippen molar-refractivity contribution >= 4 is 62.5 Å². The molecule has 0 N–H and O–H groups in total. The molecule has 2 aromatic rings. The molecule has 7 heteroatoms. The lowest BCUT2D eigenvalue weighted by molar-refractivity contribution is -0.125. The second-order valence-electron chi connectivity index (χ2n) is 11.2. The Balaban J connectivity index is 1.99. The monoisotopic (exact) mass is 546 g/mol. The van der Waals surface area contributed by atoms with E-state index in [-0.39, 0.29) is 16.6 Å². The first-order valence-corrected chi connectivity index (χ1v) is 14.2. The second-order valence-corrected chi connectivity index (χ2v) is 14.6. The lowest BCUT2D eigenvalue weighted by atomic mass is 9.59. The van der Waals surface area contributed by atoms with E-state index in [9.17, 15) is 4.79 Å². The Hall–Kier alpha value is -1.41. The van der Waals surface area contributed by atoms with Gasteiger partial charge < -0.3 is 9.47 Å². The second kappa shape index (κ2) is 11.3. The van der Waals surface area contributed by atoms with Crippen LogP contribution in [-0.2, 0) is 19.7 Å². The van der Waals surface area contributed by atoms with Gasteiger partial charge in [-0.05, 0) is 46.4 Å². The van der Waals surface area contributed by atoms with E-state index in [0.29, 0.717) is 22.0 Å². The molecule has 1 saturated carbocycles. The lowest BCUT2D eigenvalue weighted by Crippen LogP contribution is -2.66. The van der Waals surface area contributed by atoms with Crippen LogP contribution in [0.25, 0.3) is 0 Å². The molecule has 0 heterocycles. The van der Waals surface area contributed by atoms with Gasteiger partial charge >= 0.3 is 0 Å². The molecular formula is C28H34O3S4. The van der Waals surface area contributed by atoms with E-state index in [4.69, 9.17) is 33.9 Å². The summed E-state index contributed by atoms with van der Waals surface area (Å²) in [4.78, 5) is 13.7. The number of thiocarbonyl (C=S) groups is 2. The zero-order chi connectivity index (χ0) is 25.9. The number of hydrogen-bond donors (Lipinski definition) is 0. The molecule has 0 unspecified atom stereocenters. The highest BCUT2D eigenvalue weighted by Gasteiger charge is 2.65. The van der Waals surface area contributed by atoms with Gasteiger partial charge in [0.15, 0.2) is 5.78 Å². The molecule has 3 nitrogen and oxygen atoms in total. The maximum absolute atomic E-state index is 13.7. The Morgan fingerprint density at radius 2 is 1.09 bits per heavy atom. The fraction of sp³-hybridized carbons (Fsp3) is 0.464. The molecule has 0 bridgehead atoms. The van der Waals surface area contributed by atoms with Crippen molar-refractivity contribution in [1.82, 2.24) is 0 Å². The number of rotatable bonds is 6. The normalized spacial score (nSPS) is 19.5. The number of benzene rings is 2. The number of carbonyl (C=O) groups excluding carboxylic acids is 1. The molecule has 0 radical (unpaired) electrons. The number of hydrogen-bond acceptors (Lipinski definition) is 7. The van der Waals surface area contributed by atoms with Crippen LogP contribution < -0.4 is 0 Å². The first-order valence-electron chi connectivity index (χ1n) is 11.7. The molecule has 0 saturated heterocycles. The van der Waals surface area contributed by atoms with Crippen LogP contribution in [0, 0.1) is 10.8 Å². The average Bonchev–Trinajstić information content (AvgIpc) is 2.80. The van der Waals surface area contributed by atoms with E-state index in [1.54, 1.807) is 0 Å². The molecule has 2 atom stereocenters. The van der Waals surface area contributed by atoms with Crippen LogP contribution in [0.3, 0.4) is 0 Å². The summed E-state index contributed by atoms with van der Waals surface area (Å²) in [5.74, 6) is 0.0936.